The largest absolute Gasteiger partial charge is 0.463 e. The topological polar surface area (TPSA) is 70.8 Å². The fourth-order valence-corrected chi connectivity index (χ4v) is 2.15. The summed E-state index contributed by atoms with van der Waals surface area (Å²) < 4.78 is 5.53. The first-order valence-electron chi connectivity index (χ1n) is 6.37. The second-order valence-electron chi connectivity index (χ2n) is 4.64. The highest BCUT2D eigenvalue weighted by Crippen LogP contribution is 2.14. The molecule has 1 atom stereocenters. The van der Waals surface area contributed by atoms with E-state index in [0.717, 1.165) is 25.2 Å². The van der Waals surface area contributed by atoms with Crippen LogP contribution in [-0.4, -0.2) is 29.7 Å². The lowest BCUT2D eigenvalue weighted by Crippen LogP contribution is -2.30. The van der Waals surface area contributed by atoms with E-state index in [-0.39, 0.29) is 0 Å². The highest BCUT2D eigenvalue weighted by molar-refractivity contribution is 5.23. The lowest BCUT2D eigenvalue weighted by Gasteiger charge is -2.22. The normalized spacial score (nSPS) is 19.2. The van der Waals surface area contributed by atoms with Crippen LogP contribution < -0.4 is 10.1 Å². The van der Waals surface area contributed by atoms with Crippen LogP contribution in [0.15, 0.2) is 6.07 Å². The van der Waals surface area contributed by atoms with Gasteiger partial charge in [-0.25, -0.2) is 4.98 Å². The Labute approximate surface area is 107 Å². The Hall–Kier alpha value is -1.67. The van der Waals surface area contributed by atoms with Gasteiger partial charge in [-0.1, -0.05) is 0 Å². The molecule has 96 valence electrons. The molecule has 0 amide bonds. The number of rotatable bonds is 4. The maximum atomic E-state index is 8.81. The van der Waals surface area contributed by atoms with Crippen LogP contribution in [0.1, 0.15) is 30.7 Å². The Morgan fingerprint density at radius 3 is 3.17 bits per heavy atom. The lowest BCUT2D eigenvalue weighted by atomic mass is 9.97. The third-order valence-corrected chi connectivity index (χ3v) is 3.10. The van der Waals surface area contributed by atoms with Gasteiger partial charge in [-0.15, -0.1) is 0 Å². The first kappa shape index (κ1) is 12.8. The van der Waals surface area contributed by atoms with Crippen molar-refractivity contribution in [1.29, 1.82) is 5.26 Å². The number of aromatic nitrogens is 2. The third-order valence-electron chi connectivity index (χ3n) is 3.10. The van der Waals surface area contributed by atoms with Crippen molar-refractivity contribution in [3.63, 3.8) is 0 Å². The lowest BCUT2D eigenvalue weighted by molar-refractivity contribution is 0.239. The van der Waals surface area contributed by atoms with E-state index < -0.39 is 0 Å². The number of hydrogen-bond donors (Lipinski definition) is 1. The number of ether oxygens (including phenoxy) is 1. The molecule has 1 unspecified atom stereocenters. The quantitative estimate of drug-likeness (QED) is 0.870. The molecule has 2 heterocycles. The molecule has 0 spiro atoms. The van der Waals surface area contributed by atoms with Crippen molar-refractivity contribution in [1.82, 2.24) is 15.3 Å². The minimum absolute atomic E-state index is 0.315. The van der Waals surface area contributed by atoms with Gasteiger partial charge in [0.25, 0.3) is 0 Å². The number of piperidine rings is 1. The average Bonchev–Trinajstić information content (AvgIpc) is 2.39. The van der Waals surface area contributed by atoms with E-state index in [0.29, 0.717) is 24.2 Å². The van der Waals surface area contributed by atoms with E-state index in [1.54, 1.807) is 6.07 Å². The van der Waals surface area contributed by atoms with Crippen LogP contribution in [0.2, 0.25) is 0 Å². The summed E-state index contributed by atoms with van der Waals surface area (Å²) in [5, 5.41) is 12.2. The van der Waals surface area contributed by atoms with E-state index in [4.69, 9.17) is 10.00 Å². The molecule has 1 saturated heterocycles. The van der Waals surface area contributed by atoms with Gasteiger partial charge in [0.1, 0.15) is 11.8 Å². The predicted molar refractivity (Wildman–Crippen MR) is 67.2 cm³/mol. The first-order valence-corrected chi connectivity index (χ1v) is 6.37. The van der Waals surface area contributed by atoms with E-state index >= 15 is 0 Å². The molecule has 1 aliphatic heterocycles. The van der Waals surface area contributed by atoms with Crippen LogP contribution in [0.4, 0.5) is 0 Å². The Balaban J connectivity index is 1.82. The van der Waals surface area contributed by atoms with Gasteiger partial charge in [0.2, 0.25) is 0 Å². The number of hydrogen-bond acceptors (Lipinski definition) is 5. The van der Waals surface area contributed by atoms with Gasteiger partial charge >= 0.3 is 6.01 Å². The number of aryl methyl sites for hydroxylation is 1. The minimum Gasteiger partial charge on any atom is -0.463 e. The van der Waals surface area contributed by atoms with Crippen molar-refractivity contribution in [2.24, 2.45) is 5.92 Å². The van der Waals surface area contributed by atoms with E-state index in [9.17, 15) is 0 Å². The van der Waals surface area contributed by atoms with Crippen molar-refractivity contribution < 1.29 is 4.74 Å². The Kier molecular flexibility index (Phi) is 4.48. The van der Waals surface area contributed by atoms with Crippen molar-refractivity contribution in [3.8, 4) is 12.1 Å². The highest BCUT2D eigenvalue weighted by Gasteiger charge is 2.13. The fraction of sp³-hybridized carbons (Fsp3) is 0.615. The molecule has 0 aliphatic carbocycles. The summed E-state index contributed by atoms with van der Waals surface area (Å²) in [7, 11) is 0. The molecule has 5 heteroatoms. The van der Waals surface area contributed by atoms with Crippen LogP contribution in [-0.2, 0) is 0 Å². The third kappa shape index (κ3) is 3.67. The smallest absolute Gasteiger partial charge is 0.317 e. The molecule has 2 rings (SSSR count). The summed E-state index contributed by atoms with van der Waals surface area (Å²) in [6.45, 7) is 4.65. The van der Waals surface area contributed by atoms with E-state index in [1.807, 2.05) is 13.0 Å². The first-order chi connectivity index (χ1) is 8.78. The standard InChI is InChI=1S/C13H18N4O/c1-10-7-12(8-14)17-13(16-10)18-6-4-11-3-2-5-15-9-11/h7,11,15H,2-6,9H2,1H3. The highest BCUT2D eigenvalue weighted by atomic mass is 16.5. The van der Waals surface area contributed by atoms with E-state index in [1.165, 1.54) is 12.8 Å². The number of nitrogens with zero attached hydrogens (tertiary/aromatic N) is 3. The molecular weight excluding hydrogens is 228 g/mol. The molecule has 0 saturated carbocycles. The summed E-state index contributed by atoms with van der Waals surface area (Å²) in [5.74, 6) is 0.680. The van der Waals surface area contributed by atoms with Gasteiger partial charge in [-0.2, -0.15) is 10.2 Å². The average molecular weight is 246 g/mol. The van der Waals surface area contributed by atoms with Gasteiger partial charge in [0.05, 0.1) is 6.61 Å². The molecule has 0 bridgehead atoms. The summed E-state index contributed by atoms with van der Waals surface area (Å²) in [6.07, 6.45) is 3.50. The molecule has 1 aliphatic rings. The molecule has 1 aromatic heterocycles. The zero-order chi connectivity index (χ0) is 12.8. The van der Waals surface area contributed by atoms with Crippen molar-refractivity contribution in [2.45, 2.75) is 26.2 Å². The summed E-state index contributed by atoms with van der Waals surface area (Å²) in [6, 6.07) is 3.97. The van der Waals surface area contributed by atoms with Crippen LogP contribution >= 0.6 is 0 Å². The zero-order valence-corrected chi connectivity index (χ0v) is 10.6. The van der Waals surface area contributed by atoms with E-state index in [2.05, 4.69) is 15.3 Å². The molecular formula is C13H18N4O. The van der Waals surface area contributed by atoms with Crippen LogP contribution in [0.5, 0.6) is 6.01 Å². The van der Waals surface area contributed by atoms with Crippen LogP contribution in [0, 0.1) is 24.2 Å². The maximum absolute atomic E-state index is 8.81. The van der Waals surface area contributed by atoms with Crippen molar-refractivity contribution in [2.75, 3.05) is 19.7 Å². The fourth-order valence-electron chi connectivity index (χ4n) is 2.15. The molecule has 1 aromatic rings. The minimum atomic E-state index is 0.315. The van der Waals surface area contributed by atoms with Gasteiger partial charge in [0, 0.05) is 5.69 Å². The molecule has 0 radical (unpaired) electrons. The Morgan fingerprint density at radius 1 is 1.56 bits per heavy atom. The summed E-state index contributed by atoms with van der Waals surface area (Å²) >= 11 is 0. The molecule has 5 nitrogen and oxygen atoms in total. The van der Waals surface area contributed by atoms with Gasteiger partial charge in [0.15, 0.2) is 0 Å². The summed E-state index contributed by atoms with van der Waals surface area (Å²) in [4.78, 5) is 8.19. The second-order valence-corrected chi connectivity index (χ2v) is 4.64. The SMILES string of the molecule is Cc1cc(C#N)nc(OCCC2CCCNC2)n1. The maximum Gasteiger partial charge on any atom is 0.317 e. The molecule has 1 fully saturated rings. The van der Waals surface area contributed by atoms with Crippen LogP contribution in [0.25, 0.3) is 0 Å². The Bertz CT molecular complexity index is 435. The summed E-state index contributed by atoms with van der Waals surface area (Å²) in [5.41, 5.74) is 1.12. The predicted octanol–water partition coefficient (Wildman–Crippen LogP) is 1.43. The number of nitriles is 1. The number of nitrogens with one attached hydrogen (secondary N) is 1. The monoisotopic (exact) mass is 246 g/mol. The second kappa shape index (κ2) is 6.31. The van der Waals surface area contributed by atoms with Gasteiger partial charge in [-0.3, -0.25) is 0 Å². The molecule has 18 heavy (non-hydrogen) atoms. The zero-order valence-electron chi connectivity index (χ0n) is 10.6. The van der Waals surface area contributed by atoms with Gasteiger partial charge < -0.3 is 10.1 Å². The molecule has 1 N–H and O–H groups in total. The van der Waals surface area contributed by atoms with Crippen molar-refractivity contribution in [3.05, 3.63) is 17.5 Å². The van der Waals surface area contributed by atoms with Gasteiger partial charge in [-0.05, 0) is 51.3 Å². The molecule has 0 aromatic carbocycles. The Morgan fingerprint density at radius 2 is 2.44 bits per heavy atom. The van der Waals surface area contributed by atoms with Crippen LogP contribution in [0.3, 0.4) is 0 Å². The van der Waals surface area contributed by atoms with Crippen molar-refractivity contribution >= 4 is 0 Å².